The highest BCUT2D eigenvalue weighted by Crippen LogP contribution is 2.18. The Hall–Kier alpha value is -3.01. The molecule has 27 heavy (non-hydrogen) atoms. The number of fused-ring (bicyclic) bond motifs is 1. The Morgan fingerprint density at radius 3 is 2.59 bits per heavy atom. The molecule has 0 atom stereocenters. The molecule has 0 unspecified atom stereocenters. The zero-order valence-electron chi connectivity index (χ0n) is 16.0. The first-order valence-corrected chi connectivity index (χ1v) is 8.78. The average Bonchev–Trinajstić information content (AvgIpc) is 3.04. The van der Waals surface area contributed by atoms with Gasteiger partial charge in [0.05, 0.1) is 6.54 Å². The predicted octanol–water partition coefficient (Wildman–Crippen LogP) is -0.542. The van der Waals surface area contributed by atoms with Crippen molar-refractivity contribution in [1.82, 2.24) is 28.7 Å². The summed E-state index contributed by atoms with van der Waals surface area (Å²) in [4.78, 5) is 40.8. The summed E-state index contributed by atoms with van der Waals surface area (Å²) in [5, 5.41) is 0. The topological polar surface area (TPSA) is 117 Å². The van der Waals surface area contributed by atoms with E-state index in [4.69, 9.17) is 5.73 Å². The average molecular weight is 372 g/mol. The van der Waals surface area contributed by atoms with Crippen molar-refractivity contribution in [3.8, 4) is 0 Å². The Kier molecular flexibility index (Phi) is 5.08. The summed E-state index contributed by atoms with van der Waals surface area (Å²) in [6.07, 6.45) is 1.61. The van der Waals surface area contributed by atoms with Crippen LogP contribution in [0.15, 0.2) is 21.9 Å². The largest absolute Gasteiger partial charge is 0.344 e. The molecule has 0 spiro atoms. The van der Waals surface area contributed by atoms with Crippen molar-refractivity contribution in [1.29, 1.82) is 0 Å². The van der Waals surface area contributed by atoms with Crippen LogP contribution in [-0.4, -0.2) is 48.8 Å². The van der Waals surface area contributed by atoms with Crippen molar-refractivity contribution < 1.29 is 0 Å². The smallest absolute Gasteiger partial charge is 0.332 e. The zero-order valence-corrected chi connectivity index (χ0v) is 16.0. The molecule has 0 saturated heterocycles. The molecule has 3 aromatic heterocycles. The number of rotatable bonds is 6. The van der Waals surface area contributed by atoms with Gasteiger partial charge in [0.15, 0.2) is 11.2 Å². The van der Waals surface area contributed by atoms with E-state index in [1.165, 1.54) is 4.57 Å². The third kappa shape index (κ3) is 3.23. The normalized spacial score (nSPS) is 11.3. The Balaban J connectivity index is 2.25. The van der Waals surface area contributed by atoms with Gasteiger partial charge in [0.2, 0.25) is 5.95 Å². The summed E-state index contributed by atoms with van der Waals surface area (Å²) < 4.78 is 4.34. The number of likely N-dealkylation sites (N-methyl/N-ethyl adjacent to an activating group) is 1. The summed E-state index contributed by atoms with van der Waals surface area (Å²) in [6.45, 7) is 5.35. The van der Waals surface area contributed by atoms with Crippen molar-refractivity contribution in [3.63, 3.8) is 0 Å². The van der Waals surface area contributed by atoms with Gasteiger partial charge in [-0.3, -0.25) is 13.9 Å². The molecule has 10 nitrogen and oxygen atoms in total. The Morgan fingerprint density at radius 2 is 1.96 bits per heavy atom. The number of nitrogens with zero attached hydrogens (tertiary/aromatic N) is 7. The molecule has 3 aromatic rings. The van der Waals surface area contributed by atoms with Crippen LogP contribution in [0.2, 0.25) is 0 Å². The fourth-order valence-electron chi connectivity index (χ4n) is 3.10. The molecule has 0 aliphatic carbocycles. The standard InChI is InChI=1S/C17H24N8O2/c1-5-24-13-14(21-16(24)22(3)9-7-18)23(4)17(27)25(15(13)26)10-12-19-8-6-11(2)20-12/h6,8H,5,7,9-10,18H2,1-4H3. The van der Waals surface area contributed by atoms with Gasteiger partial charge in [-0.1, -0.05) is 0 Å². The molecule has 3 heterocycles. The van der Waals surface area contributed by atoms with Gasteiger partial charge in [0.1, 0.15) is 5.82 Å². The van der Waals surface area contributed by atoms with Crippen LogP contribution in [0.1, 0.15) is 18.4 Å². The van der Waals surface area contributed by atoms with E-state index in [1.54, 1.807) is 23.9 Å². The first-order chi connectivity index (χ1) is 12.9. The van der Waals surface area contributed by atoms with E-state index < -0.39 is 11.2 Å². The van der Waals surface area contributed by atoms with Gasteiger partial charge in [-0.25, -0.2) is 14.8 Å². The van der Waals surface area contributed by atoms with E-state index in [0.29, 0.717) is 42.6 Å². The number of imidazole rings is 1. The molecule has 0 aliphatic rings. The highest BCUT2D eigenvalue weighted by Gasteiger charge is 2.21. The van der Waals surface area contributed by atoms with Crippen LogP contribution in [0.4, 0.5) is 5.95 Å². The lowest BCUT2D eigenvalue weighted by atomic mass is 10.4. The molecule has 0 aliphatic heterocycles. The molecule has 0 aromatic carbocycles. The second-order valence-corrected chi connectivity index (χ2v) is 6.39. The van der Waals surface area contributed by atoms with Crippen LogP contribution < -0.4 is 21.9 Å². The Morgan fingerprint density at radius 1 is 1.22 bits per heavy atom. The molecule has 0 fully saturated rings. The number of aryl methyl sites for hydroxylation is 3. The van der Waals surface area contributed by atoms with Crippen LogP contribution in [0, 0.1) is 6.92 Å². The molecule has 0 radical (unpaired) electrons. The van der Waals surface area contributed by atoms with E-state index in [1.807, 2.05) is 25.8 Å². The Bertz CT molecular complexity index is 1090. The highest BCUT2D eigenvalue weighted by atomic mass is 16.2. The van der Waals surface area contributed by atoms with Crippen molar-refractivity contribution in [2.45, 2.75) is 26.9 Å². The molecular weight excluding hydrogens is 348 g/mol. The molecule has 0 bridgehead atoms. The summed E-state index contributed by atoms with van der Waals surface area (Å²) in [5.74, 6) is 1.02. The molecule has 2 N–H and O–H groups in total. The third-order valence-corrected chi connectivity index (χ3v) is 4.48. The molecule has 0 amide bonds. The molecule has 144 valence electrons. The first-order valence-electron chi connectivity index (χ1n) is 8.78. The minimum Gasteiger partial charge on any atom is -0.344 e. The second kappa shape index (κ2) is 7.31. The van der Waals surface area contributed by atoms with E-state index in [0.717, 1.165) is 10.3 Å². The number of aromatic nitrogens is 6. The monoisotopic (exact) mass is 372 g/mol. The fourth-order valence-corrected chi connectivity index (χ4v) is 3.10. The minimum absolute atomic E-state index is 0.00595. The van der Waals surface area contributed by atoms with Gasteiger partial charge in [-0.15, -0.1) is 0 Å². The van der Waals surface area contributed by atoms with Crippen LogP contribution in [0.5, 0.6) is 0 Å². The maximum atomic E-state index is 13.2. The molecule has 3 rings (SSSR count). The number of nitrogens with two attached hydrogens (primary N) is 1. The third-order valence-electron chi connectivity index (χ3n) is 4.48. The lowest BCUT2D eigenvalue weighted by Crippen LogP contribution is -2.40. The van der Waals surface area contributed by atoms with E-state index in [-0.39, 0.29) is 6.54 Å². The summed E-state index contributed by atoms with van der Waals surface area (Å²) in [6, 6.07) is 1.76. The van der Waals surface area contributed by atoms with Crippen LogP contribution in [-0.2, 0) is 20.1 Å². The van der Waals surface area contributed by atoms with Crippen molar-refractivity contribution in [2.75, 3.05) is 25.0 Å². The molecule has 0 saturated carbocycles. The number of hydrogen-bond acceptors (Lipinski definition) is 7. The van der Waals surface area contributed by atoms with Gasteiger partial charge in [0.25, 0.3) is 5.56 Å². The quantitative estimate of drug-likeness (QED) is 0.617. The van der Waals surface area contributed by atoms with Crippen molar-refractivity contribution >= 4 is 17.1 Å². The maximum Gasteiger partial charge on any atom is 0.332 e. The predicted molar refractivity (Wildman–Crippen MR) is 103 cm³/mol. The van der Waals surface area contributed by atoms with Gasteiger partial charge < -0.3 is 15.2 Å². The first kappa shape index (κ1) is 18.8. The van der Waals surface area contributed by atoms with Crippen molar-refractivity contribution in [3.05, 3.63) is 44.6 Å². The Labute approximate surface area is 155 Å². The molecule has 10 heteroatoms. The van der Waals surface area contributed by atoms with E-state index >= 15 is 0 Å². The lowest BCUT2D eigenvalue weighted by Gasteiger charge is -2.17. The van der Waals surface area contributed by atoms with E-state index in [9.17, 15) is 9.59 Å². The lowest BCUT2D eigenvalue weighted by molar-refractivity contribution is 0.629. The van der Waals surface area contributed by atoms with Crippen LogP contribution in [0.3, 0.4) is 0 Å². The van der Waals surface area contributed by atoms with Crippen LogP contribution >= 0.6 is 0 Å². The maximum absolute atomic E-state index is 13.2. The summed E-state index contributed by atoms with van der Waals surface area (Å²) in [7, 11) is 3.47. The number of anilines is 1. The summed E-state index contributed by atoms with van der Waals surface area (Å²) in [5.41, 5.74) is 6.30. The van der Waals surface area contributed by atoms with Gasteiger partial charge in [-0.05, 0) is 19.9 Å². The summed E-state index contributed by atoms with van der Waals surface area (Å²) >= 11 is 0. The van der Waals surface area contributed by atoms with Gasteiger partial charge >= 0.3 is 5.69 Å². The zero-order chi connectivity index (χ0) is 19.7. The minimum atomic E-state index is -0.452. The van der Waals surface area contributed by atoms with E-state index in [2.05, 4.69) is 15.0 Å². The second-order valence-electron chi connectivity index (χ2n) is 6.39. The van der Waals surface area contributed by atoms with Gasteiger partial charge in [0, 0.05) is 45.6 Å². The van der Waals surface area contributed by atoms with Crippen LogP contribution in [0.25, 0.3) is 11.2 Å². The fraction of sp³-hybridized carbons (Fsp3) is 0.471. The number of hydrogen-bond donors (Lipinski definition) is 1. The van der Waals surface area contributed by atoms with Crippen molar-refractivity contribution in [2.24, 2.45) is 12.8 Å². The molecular formula is C17H24N8O2. The highest BCUT2D eigenvalue weighted by molar-refractivity contribution is 5.74. The van der Waals surface area contributed by atoms with Gasteiger partial charge in [-0.2, -0.15) is 4.98 Å². The SMILES string of the molecule is CCn1c(N(C)CCN)nc2c1c(=O)n(Cc1nccc(C)n1)c(=O)n2C.